The Morgan fingerprint density at radius 1 is 1.06 bits per heavy atom. The summed E-state index contributed by atoms with van der Waals surface area (Å²) in [5.74, 6) is 0.0843. The number of aromatic nitrogens is 3. The maximum absolute atomic E-state index is 13.0. The van der Waals surface area contributed by atoms with E-state index in [9.17, 15) is 14.4 Å². The summed E-state index contributed by atoms with van der Waals surface area (Å²) in [5, 5.41) is 0.646. The van der Waals surface area contributed by atoms with Crippen molar-refractivity contribution in [2.45, 2.75) is 13.0 Å². The lowest BCUT2D eigenvalue weighted by atomic mass is 10.0. The van der Waals surface area contributed by atoms with Crippen LogP contribution >= 0.6 is 0 Å². The van der Waals surface area contributed by atoms with E-state index in [0.29, 0.717) is 60.0 Å². The number of anilines is 1. The molecule has 4 aromatic rings. The minimum atomic E-state index is -0.802. The van der Waals surface area contributed by atoms with Gasteiger partial charge in [-0.3, -0.25) is 14.3 Å². The van der Waals surface area contributed by atoms with E-state index in [2.05, 4.69) is 4.98 Å². The molecule has 0 saturated carbocycles. The number of morpholine rings is 1. The van der Waals surface area contributed by atoms with Gasteiger partial charge < -0.3 is 18.8 Å². The lowest BCUT2D eigenvalue weighted by Gasteiger charge is -2.27. The van der Waals surface area contributed by atoms with Gasteiger partial charge in [-0.05, 0) is 31.2 Å². The molecule has 0 spiro atoms. The first-order valence-corrected chi connectivity index (χ1v) is 10.6. The van der Waals surface area contributed by atoms with E-state index in [1.165, 1.54) is 11.7 Å². The zero-order valence-electron chi connectivity index (χ0n) is 18.2. The molecule has 5 rings (SSSR count). The summed E-state index contributed by atoms with van der Waals surface area (Å²) in [4.78, 5) is 47.6. The number of nitrogens with zero attached hydrogens (tertiary/aromatic N) is 3. The van der Waals surface area contributed by atoms with Gasteiger partial charge in [0.05, 0.1) is 48.2 Å². The highest BCUT2D eigenvalue weighted by molar-refractivity contribution is 5.85. The molecule has 0 radical (unpaired) electrons. The molecule has 0 bridgehead atoms. The monoisotopic (exact) mass is 450 g/mol. The van der Waals surface area contributed by atoms with E-state index in [1.54, 1.807) is 43.3 Å². The van der Waals surface area contributed by atoms with Crippen molar-refractivity contribution in [2.75, 3.05) is 38.3 Å². The number of ether oxygens (including phenoxy) is 2. The van der Waals surface area contributed by atoms with Crippen LogP contribution in [0.1, 0.15) is 18.5 Å². The number of aromatic amines is 1. The van der Waals surface area contributed by atoms with Crippen LogP contribution in [0.3, 0.4) is 0 Å². The number of fused-ring (bicyclic) bond motifs is 2. The van der Waals surface area contributed by atoms with E-state index in [0.717, 1.165) is 0 Å². The molecule has 1 fully saturated rings. The van der Waals surface area contributed by atoms with Crippen molar-refractivity contribution < 1.29 is 13.9 Å². The number of methoxy groups -OCH3 is 1. The second-order valence-electron chi connectivity index (χ2n) is 7.79. The van der Waals surface area contributed by atoms with Crippen LogP contribution in [0.4, 0.5) is 5.95 Å². The summed E-state index contributed by atoms with van der Waals surface area (Å²) >= 11 is 0. The number of hydrogen-bond donors (Lipinski definition) is 1. The molecule has 10 nitrogen and oxygen atoms in total. The van der Waals surface area contributed by atoms with Crippen LogP contribution in [0, 0.1) is 0 Å². The van der Waals surface area contributed by atoms with Crippen molar-refractivity contribution in [3.05, 3.63) is 73.3 Å². The molecule has 1 aliphatic heterocycles. The van der Waals surface area contributed by atoms with Gasteiger partial charge in [-0.15, -0.1) is 0 Å². The Hall–Kier alpha value is -3.92. The summed E-state index contributed by atoms with van der Waals surface area (Å²) in [6.07, 6.45) is 0. The first-order chi connectivity index (χ1) is 16.0. The number of nitrogens with one attached hydrogen (secondary N) is 1. The number of hydrogen-bond acceptors (Lipinski definition) is 8. The van der Waals surface area contributed by atoms with Crippen molar-refractivity contribution in [3.8, 4) is 5.75 Å². The quantitative estimate of drug-likeness (QED) is 0.498. The molecule has 1 saturated heterocycles. The molecule has 3 heterocycles. The predicted octanol–water partition coefficient (Wildman–Crippen LogP) is 1.65. The standard InChI is InChI=1S/C23H22N4O6/c1-13(27-16-6-4-3-5-14(16)21(29)33-23(27)30)18-17(31-2)8-7-15-19(18)24-22(25-20(15)28)26-9-11-32-12-10-26/h3-8,13H,9-12H2,1-2H3,(H,24,25,28). The van der Waals surface area contributed by atoms with Crippen molar-refractivity contribution in [1.29, 1.82) is 0 Å². The Morgan fingerprint density at radius 2 is 1.82 bits per heavy atom. The van der Waals surface area contributed by atoms with Gasteiger partial charge in [0, 0.05) is 18.7 Å². The molecule has 1 atom stereocenters. The van der Waals surface area contributed by atoms with Gasteiger partial charge in [0.25, 0.3) is 5.56 Å². The number of rotatable bonds is 4. The first kappa shape index (κ1) is 21.0. The van der Waals surface area contributed by atoms with Gasteiger partial charge in [0.2, 0.25) is 5.95 Å². The largest absolute Gasteiger partial charge is 0.496 e. The highest BCUT2D eigenvalue weighted by Gasteiger charge is 2.24. The maximum atomic E-state index is 13.0. The molecule has 1 aliphatic rings. The van der Waals surface area contributed by atoms with Gasteiger partial charge >= 0.3 is 11.4 Å². The zero-order valence-corrected chi connectivity index (χ0v) is 18.2. The molecule has 1 N–H and O–H groups in total. The van der Waals surface area contributed by atoms with Crippen LogP contribution in [0.5, 0.6) is 5.75 Å². The van der Waals surface area contributed by atoms with E-state index >= 15 is 0 Å². The Balaban J connectivity index is 1.80. The third-order valence-corrected chi connectivity index (χ3v) is 5.96. The Labute approximate surface area is 187 Å². The molecular formula is C23H22N4O6. The predicted molar refractivity (Wildman–Crippen MR) is 123 cm³/mol. The lowest BCUT2D eigenvalue weighted by Crippen LogP contribution is -2.38. The van der Waals surface area contributed by atoms with E-state index in [1.807, 2.05) is 4.90 Å². The third-order valence-electron chi connectivity index (χ3n) is 5.96. The zero-order chi connectivity index (χ0) is 23.1. The van der Waals surface area contributed by atoms with Crippen LogP contribution in [-0.2, 0) is 4.74 Å². The Morgan fingerprint density at radius 3 is 2.58 bits per heavy atom. The number of H-pyrrole nitrogens is 1. The van der Waals surface area contributed by atoms with E-state index < -0.39 is 17.4 Å². The molecule has 1 unspecified atom stereocenters. The highest BCUT2D eigenvalue weighted by atomic mass is 16.5. The minimum absolute atomic E-state index is 0.281. The normalized spacial score (nSPS) is 15.2. The fourth-order valence-electron chi connectivity index (χ4n) is 4.34. The topological polar surface area (TPSA) is 120 Å². The number of para-hydroxylation sites is 1. The van der Waals surface area contributed by atoms with E-state index in [4.69, 9.17) is 18.9 Å². The van der Waals surface area contributed by atoms with Crippen molar-refractivity contribution in [2.24, 2.45) is 0 Å². The molecule has 2 aromatic carbocycles. The van der Waals surface area contributed by atoms with Crippen molar-refractivity contribution >= 4 is 27.8 Å². The smallest absolute Gasteiger partial charge is 0.422 e. The van der Waals surface area contributed by atoms with E-state index in [-0.39, 0.29) is 10.9 Å². The maximum Gasteiger partial charge on any atom is 0.422 e. The van der Waals surface area contributed by atoms with Crippen LogP contribution < -0.4 is 26.6 Å². The number of benzene rings is 2. The van der Waals surface area contributed by atoms with Gasteiger partial charge in [0.1, 0.15) is 5.75 Å². The summed E-state index contributed by atoms with van der Waals surface area (Å²) in [7, 11) is 1.51. The van der Waals surface area contributed by atoms with Gasteiger partial charge in [-0.1, -0.05) is 12.1 Å². The second kappa shape index (κ2) is 8.21. The summed E-state index contributed by atoms with van der Waals surface area (Å²) in [6.45, 7) is 4.04. The molecular weight excluding hydrogens is 428 g/mol. The summed E-state index contributed by atoms with van der Waals surface area (Å²) < 4.78 is 17.4. The molecule has 10 heteroatoms. The van der Waals surface area contributed by atoms with Crippen LogP contribution in [0.25, 0.3) is 21.8 Å². The highest BCUT2D eigenvalue weighted by Crippen LogP contribution is 2.34. The average Bonchev–Trinajstić information content (AvgIpc) is 2.83. The molecule has 0 aliphatic carbocycles. The summed E-state index contributed by atoms with van der Waals surface area (Å²) in [5.41, 5.74) is 0.372. The Kier molecular flexibility index (Phi) is 5.21. The van der Waals surface area contributed by atoms with Crippen molar-refractivity contribution in [3.63, 3.8) is 0 Å². The molecule has 33 heavy (non-hydrogen) atoms. The second-order valence-corrected chi connectivity index (χ2v) is 7.79. The van der Waals surface area contributed by atoms with Crippen LogP contribution in [0.2, 0.25) is 0 Å². The molecule has 170 valence electrons. The first-order valence-electron chi connectivity index (χ1n) is 10.6. The van der Waals surface area contributed by atoms with Crippen molar-refractivity contribution in [1.82, 2.24) is 14.5 Å². The molecule has 2 aromatic heterocycles. The third kappa shape index (κ3) is 3.48. The van der Waals surface area contributed by atoms with Gasteiger partial charge in [-0.25, -0.2) is 14.6 Å². The lowest BCUT2D eigenvalue weighted by molar-refractivity contribution is 0.122. The summed E-state index contributed by atoms with van der Waals surface area (Å²) in [6, 6.07) is 9.39. The van der Waals surface area contributed by atoms with Crippen LogP contribution in [0.15, 0.2) is 55.2 Å². The average molecular weight is 450 g/mol. The Bertz CT molecular complexity index is 1530. The van der Waals surface area contributed by atoms with Gasteiger partial charge in [0.15, 0.2) is 0 Å². The van der Waals surface area contributed by atoms with Crippen LogP contribution in [-0.4, -0.2) is 47.9 Å². The SMILES string of the molecule is COc1ccc2c(=O)[nH]c(N3CCOCC3)nc2c1C(C)n1c(=O)oc(=O)c2ccccc21. The fourth-order valence-corrected chi connectivity index (χ4v) is 4.34. The molecule has 0 amide bonds. The fraction of sp³-hybridized carbons (Fsp3) is 0.304. The van der Waals surface area contributed by atoms with Gasteiger partial charge in [-0.2, -0.15) is 0 Å². The minimum Gasteiger partial charge on any atom is -0.496 e.